The summed E-state index contributed by atoms with van der Waals surface area (Å²) in [5.74, 6) is 0.720. The molecule has 2 aromatic rings. The van der Waals surface area contributed by atoms with E-state index in [9.17, 15) is 0 Å². The summed E-state index contributed by atoms with van der Waals surface area (Å²) in [6, 6.07) is 15.8. The summed E-state index contributed by atoms with van der Waals surface area (Å²) in [6.45, 7) is 4.35. The Morgan fingerprint density at radius 1 is 1.05 bits per heavy atom. The fraction of sp³-hybridized carbons (Fsp3) is 0.333. The van der Waals surface area contributed by atoms with Crippen LogP contribution in [-0.2, 0) is 0 Å². The second-order valence-corrected chi connectivity index (χ2v) is 6.70. The van der Waals surface area contributed by atoms with E-state index in [-0.39, 0.29) is 0 Å². The zero-order valence-electron chi connectivity index (χ0n) is 12.0. The van der Waals surface area contributed by atoms with Gasteiger partial charge in [-0.3, -0.25) is 0 Å². The van der Waals surface area contributed by atoms with E-state index in [1.165, 1.54) is 35.2 Å². The van der Waals surface area contributed by atoms with Crippen molar-refractivity contribution in [3.63, 3.8) is 0 Å². The first-order chi connectivity index (χ1) is 9.63. The molecule has 0 unspecified atom stereocenters. The Morgan fingerprint density at radius 2 is 1.80 bits per heavy atom. The number of aryl methyl sites for hydroxylation is 2. The molecule has 0 atom stereocenters. The lowest BCUT2D eigenvalue weighted by molar-refractivity contribution is 0.373. The van der Waals surface area contributed by atoms with Crippen molar-refractivity contribution in [2.45, 2.75) is 38.6 Å². The predicted molar refractivity (Wildman–Crippen MR) is 89.4 cm³/mol. The molecule has 1 saturated carbocycles. The monoisotopic (exact) mass is 329 g/mol. The van der Waals surface area contributed by atoms with Gasteiger partial charge in [-0.1, -0.05) is 30.3 Å². The zero-order chi connectivity index (χ0) is 14.1. The molecule has 0 radical (unpaired) electrons. The Morgan fingerprint density at radius 3 is 2.55 bits per heavy atom. The van der Waals surface area contributed by atoms with Crippen molar-refractivity contribution >= 4 is 21.6 Å². The minimum absolute atomic E-state index is 0.595. The molecule has 0 saturated heterocycles. The van der Waals surface area contributed by atoms with E-state index in [1.54, 1.807) is 0 Å². The number of nitrogens with one attached hydrogen (secondary N) is 1. The molecule has 0 spiro atoms. The SMILES string of the molecule is Cc1ccc(Br)c(NC2CC(c3ccccc3C)C2)c1. The van der Waals surface area contributed by atoms with Crippen molar-refractivity contribution in [2.24, 2.45) is 0 Å². The average molecular weight is 330 g/mol. The Labute approximate surface area is 129 Å². The fourth-order valence-corrected chi connectivity index (χ4v) is 3.37. The summed E-state index contributed by atoms with van der Waals surface area (Å²) in [5.41, 5.74) is 5.46. The third-order valence-electron chi connectivity index (χ3n) is 4.25. The van der Waals surface area contributed by atoms with Crippen LogP contribution in [0.5, 0.6) is 0 Å². The van der Waals surface area contributed by atoms with Crippen LogP contribution in [-0.4, -0.2) is 6.04 Å². The van der Waals surface area contributed by atoms with Gasteiger partial charge in [0.15, 0.2) is 0 Å². The number of hydrogen-bond acceptors (Lipinski definition) is 1. The maximum absolute atomic E-state index is 3.66. The first-order valence-electron chi connectivity index (χ1n) is 7.21. The largest absolute Gasteiger partial charge is 0.381 e. The van der Waals surface area contributed by atoms with Crippen LogP contribution in [0.3, 0.4) is 0 Å². The standard InChI is InChI=1S/C18H20BrN/c1-12-7-8-17(19)18(9-12)20-15-10-14(11-15)16-6-4-3-5-13(16)2/h3-9,14-15,20H,10-11H2,1-2H3. The van der Waals surface area contributed by atoms with E-state index in [0.717, 1.165) is 10.4 Å². The van der Waals surface area contributed by atoms with Crippen LogP contribution >= 0.6 is 15.9 Å². The van der Waals surface area contributed by atoms with Crippen LogP contribution in [0, 0.1) is 13.8 Å². The van der Waals surface area contributed by atoms with Gasteiger partial charge in [0.1, 0.15) is 0 Å². The molecule has 3 rings (SSSR count). The minimum atomic E-state index is 0.595. The van der Waals surface area contributed by atoms with Crippen molar-refractivity contribution in [1.29, 1.82) is 0 Å². The van der Waals surface area contributed by atoms with Crippen LogP contribution in [0.25, 0.3) is 0 Å². The second kappa shape index (κ2) is 5.61. The Hall–Kier alpha value is -1.28. The van der Waals surface area contributed by atoms with E-state index in [2.05, 4.69) is 77.6 Å². The van der Waals surface area contributed by atoms with E-state index in [0.29, 0.717) is 6.04 Å². The lowest BCUT2D eigenvalue weighted by atomic mass is 9.74. The highest BCUT2D eigenvalue weighted by Gasteiger charge is 2.31. The molecule has 2 aromatic carbocycles. The maximum atomic E-state index is 3.66. The number of anilines is 1. The molecule has 0 heterocycles. The lowest BCUT2D eigenvalue weighted by Gasteiger charge is -2.38. The van der Waals surface area contributed by atoms with Crippen LogP contribution in [0.2, 0.25) is 0 Å². The molecule has 2 heteroatoms. The van der Waals surface area contributed by atoms with Gasteiger partial charge < -0.3 is 5.32 Å². The highest BCUT2D eigenvalue weighted by molar-refractivity contribution is 9.10. The first kappa shape index (κ1) is 13.7. The molecule has 1 nitrogen and oxygen atoms in total. The Kier molecular flexibility index (Phi) is 3.84. The van der Waals surface area contributed by atoms with Crippen LogP contribution in [0.1, 0.15) is 35.4 Å². The third kappa shape index (κ3) is 2.76. The Bertz CT molecular complexity index is 615. The van der Waals surface area contributed by atoms with Gasteiger partial charge in [0.25, 0.3) is 0 Å². The van der Waals surface area contributed by atoms with E-state index >= 15 is 0 Å². The second-order valence-electron chi connectivity index (χ2n) is 5.85. The summed E-state index contributed by atoms with van der Waals surface area (Å²) in [5, 5.41) is 3.66. The molecule has 0 bridgehead atoms. The number of rotatable bonds is 3. The maximum Gasteiger partial charge on any atom is 0.0489 e. The van der Waals surface area contributed by atoms with Gasteiger partial charge in [-0.05, 0) is 77.4 Å². The molecule has 1 N–H and O–H groups in total. The molecule has 1 aliphatic rings. The zero-order valence-corrected chi connectivity index (χ0v) is 13.6. The van der Waals surface area contributed by atoms with Gasteiger partial charge in [-0.15, -0.1) is 0 Å². The lowest BCUT2D eigenvalue weighted by Crippen LogP contribution is -2.34. The third-order valence-corrected chi connectivity index (χ3v) is 4.94. The smallest absolute Gasteiger partial charge is 0.0489 e. The molecule has 0 aromatic heterocycles. The summed E-state index contributed by atoms with van der Waals surface area (Å²) in [7, 11) is 0. The molecule has 20 heavy (non-hydrogen) atoms. The fourth-order valence-electron chi connectivity index (χ4n) is 3.00. The van der Waals surface area contributed by atoms with Gasteiger partial charge in [0.05, 0.1) is 0 Å². The first-order valence-corrected chi connectivity index (χ1v) is 8.01. The predicted octanol–water partition coefficient (Wildman–Crippen LogP) is 5.42. The molecule has 0 amide bonds. The topological polar surface area (TPSA) is 12.0 Å². The van der Waals surface area contributed by atoms with Gasteiger partial charge in [-0.25, -0.2) is 0 Å². The van der Waals surface area contributed by atoms with Gasteiger partial charge >= 0.3 is 0 Å². The number of hydrogen-bond donors (Lipinski definition) is 1. The van der Waals surface area contributed by atoms with Crippen molar-refractivity contribution in [2.75, 3.05) is 5.32 Å². The number of halogens is 1. The van der Waals surface area contributed by atoms with Crippen LogP contribution in [0.4, 0.5) is 5.69 Å². The minimum Gasteiger partial charge on any atom is -0.381 e. The van der Waals surface area contributed by atoms with E-state index < -0.39 is 0 Å². The molecule has 1 fully saturated rings. The van der Waals surface area contributed by atoms with Crippen LogP contribution in [0.15, 0.2) is 46.9 Å². The van der Waals surface area contributed by atoms with Gasteiger partial charge in [-0.2, -0.15) is 0 Å². The van der Waals surface area contributed by atoms with Crippen molar-refractivity contribution in [3.8, 4) is 0 Å². The quantitative estimate of drug-likeness (QED) is 0.792. The van der Waals surface area contributed by atoms with E-state index in [1.807, 2.05) is 0 Å². The highest BCUT2D eigenvalue weighted by Crippen LogP contribution is 2.40. The summed E-state index contributed by atoms with van der Waals surface area (Å²) >= 11 is 3.62. The van der Waals surface area contributed by atoms with Crippen molar-refractivity contribution in [1.82, 2.24) is 0 Å². The van der Waals surface area contributed by atoms with Crippen molar-refractivity contribution < 1.29 is 0 Å². The highest BCUT2D eigenvalue weighted by atomic mass is 79.9. The summed E-state index contributed by atoms with van der Waals surface area (Å²) < 4.78 is 1.16. The van der Waals surface area contributed by atoms with Gasteiger partial charge in [0, 0.05) is 16.2 Å². The molecule has 0 aliphatic heterocycles. The molecule has 1 aliphatic carbocycles. The summed E-state index contributed by atoms with van der Waals surface area (Å²) in [4.78, 5) is 0. The molecular formula is C18H20BrN. The van der Waals surface area contributed by atoms with E-state index in [4.69, 9.17) is 0 Å². The summed E-state index contributed by atoms with van der Waals surface area (Å²) in [6.07, 6.45) is 2.45. The van der Waals surface area contributed by atoms with Crippen molar-refractivity contribution in [3.05, 3.63) is 63.6 Å². The van der Waals surface area contributed by atoms with Crippen LogP contribution < -0.4 is 5.32 Å². The number of benzene rings is 2. The normalized spacial score (nSPS) is 21.4. The van der Waals surface area contributed by atoms with Gasteiger partial charge in [0.2, 0.25) is 0 Å². The molecular weight excluding hydrogens is 310 g/mol. The molecule has 104 valence electrons. The average Bonchev–Trinajstić information content (AvgIpc) is 2.38. The Balaban J connectivity index is 1.64.